The van der Waals surface area contributed by atoms with Crippen molar-refractivity contribution in [1.82, 2.24) is 0 Å². The Kier molecular flexibility index (Phi) is 3.89. The molecule has 0 saturated heterocycles. The Morgan fingerprint density at radius 3 is 2.24 bits per heavy atom. The molecule has 1 fully saturated rings. The van der Waals surface area contributed by atoms with Crippen molar-refractivity contribution in [3.05, 3.63) is 24.3 Å². The van der Waals surface area contributed by atoms with Crippen LogP contribution in [0.5, 0.6) is 5.75 Å². The van der Waals surface area contributed by atoms with Gasteiger partial charge in [-0.2, -0.15) is 0 Å². The Morgan fingerprint density at radius 1 is 1.12 bits per heavy atom. The van der Waals surface area contributed by atoms with Crippen molar-refractivity contribution < 1.29 is 9.84 Å². The lowest BCUT2D eigenvalue weighted by Gasteiger charge is -2.34. The predicted molar refractivity (Wildman–Crippen MR) is 69.7 cm³/mol. The van der Waals surface area contributed by atoms with E-state index in [0.29, 0.717) is 6.04 Å². The Bertz CT molecular complexity index is 342. The first-order valence-electron chi connectivity index (χ1n) is 6.25. The third-order valence-corrected chi connectivity index (χ3v) is 3.69. The molecule has 0 aromatic heterocycles. The Hall–Kier alpha value is -1.22. The molecule has 0 atom stereocenters. The van der Waals surface area contributed by atoms with Crippen LogP contribution in [0, 0.1) is 0 Å². The van der Waals surface area contributed by atoms with Gasteiger partial charge in [-0.25, -0.2) is 0 Å². The van der Waals surface area contributed by atoms with E-state index in [-0.39, 0.29) is 6.10 Å². The lowest BCUT2D eigenvalue weighted by atomic mass is 9.92. The summed E-state index contributed by atoms with van der Waals surface area (Å²) in [7, 11) is 3.81. The summed E-state index contributed by atoms with van der Waals surface area (Å²) in [4.78, 5) is 2.31. The molecule has 0 spiro atoms. The van der Waals surface area contributed by atoms with E-state index in [4.69, 9.17) is 4.74 Å². The van der Waals surface area contributed by atoms with Crippen LogP contribution in [0.2, 0.25) is 0 Å². The Balaban J connectivity index is 2.00. The molecule has 0 unspecified atom stereocenters. The molecule has 1 aromatic carbocycles. The van der Waals surface area contributed by atoms with Gasteiger partial charge in [0, 0.05) is 18.8 Å². The predicted octanol–water partition coefficient (Wildman–Crippen LogP) is 2.43. The van der Waals surface area contributed by atoms with Gasteiger partial charge >= 0.3 is 0 Å². The molecular weight excluding hydrogens is 214 g/mol. The monoisotopic (exact) mass is 235 g/mol. The summed E-state index contributed by atoms with van der Waals surface area (Å²) < 4.78 is 5.16. The van der Waals surface area contributed by atoms with Crippen LogP contribution in [0.4, 0.5) is 5.69 Å². The average molecular weight is 235 g/mol. The van der Waals surface area contributed by atoms with Gasteiger partial charge in [0.1, 0.15) is 5.75 Å². The third-order valence-electron chi connectivity index (χ3n) is 3.69. The summed E-state index contributed by atoms with van der Waals surface area (Å²) >= 11 is 0. The summed E-state index contributed by atoms with van der Waals surface area (Å²) in [6, 6.07) is 8.70. The number of aliphatic hydroxyl groups excluding tert-OH is 1. The van der Waals surface area contributed by atoms with Crippen LogP contribution < -0.4 is 9.64 Å². The van der Waals surface area contributed by atoms with Gasteiger partial charge in [0.15, 0.2) is 0 Å². The van der Waals surface area contributed by atoms with E-state index in [1.165, 1.54) is 5.69 Å². The largest absolute Gasteiger partial charge is 0.497 e. The smallest absolute Gasteiger partial charge is 0.119 e. The Morgan fingerprint density at radius 2 is 1.71 bits per heavy atom. The van der Waals surface area contributed by atoms with Crippen LogP contribution in [0.25, 0.3) is 0 Å². The minimum atomic E-state index is -0.0875. The lowest BCUT2D eigenvalue weighted by molar-refractivity contribution is 0.122. The van der Waals surface area contributed by atoms with E-state index < -0.39 is 0 Å². The van der Waals surface area contributed by atoms with E-state index in [2.05, 4.69) is 24.1 Å². The second kappa shape index (κ2) is 5.41. The summed E-state index contributed by atoms with van der Waals surface area (Å²) in [6.45, 7) is 0. The maximum absolute atomic E-state index is 9.51. The molecule has 3 heteroatoms. The number of anilines is 1. The van der Waals surface area contributed by atoms with Crippen LogP contribution in [0.15, 0.2) is 24.3 Å². The van der Waals surface area contributed by atoms with E-state index in [1.54, 1.807) is 7.11 Å². The van der Waals surface area contributed by atoms with Crippen molar-refractivity contribution in [3.63, 3.8) is 0 Å². The van der Waals surface area contributed by atoms with Crippen molar-refractivity contribution in [2.75, 3.05) is 19.1 Å². The zero-order chi connectivity index (χ0) is 12.3. The molecule has 0 heterocycles. The second-order valence-corrected chi connectivity index (χ2v) is 4.77. The van der Waals surface area contributed by atoms with E-state index >= 15 is 0 Å². The van der Waals surface area contributed by atoms with Crippen molar-refractivity contribution >= 4 is 5.69 Å². The number of aliphatic hydroxyl groups is 1. The quantitative estimate of drug-likeness (QED) is 0.873. The summed E-state index contributed by atoms with van der Waals surface area (Å²) in [6.07, 6.45) is 3.90. The molecule has 3 nitrogen and oxygen atoms in total. The molecule has 94 valence electrons. The molecule has 1 aliphatic rings. The highest BCUT2D eigenvalue weighted by molar-refractivity contribution is 5.49. The molecule has 1 aromatic rings. The van der Waals surface area contributed by atoms with Crippen molar-refractivity contribution in [1.29, 1.82) is 0 Å². The molecule has 0 amide bonds. The first-order valence-corrected chi connectivity index (χ1v) is 6.25. The fraction of sp³-hybridized carbons (Fsp3) is 0.571. The first-order chi connectivity index (χ1) is 8.20. The standard InChI is InChI=1S/C14H21NO2/c1-15(11-3-7-13(16)8-4-11)12-5-9-14(17-2)10-6-12/h5-6,9-11,13,16H,3-4,7-8H2,1-2H3. The van der Waals surface area contributed by atoms with Gasteiger partial charge < -0.3 is 14.7 Å². The minimum absolute atomic E-state index is 0.0875. The van der Waals surface area contributed by atoms with E-state index in [0.717, 1.165) is 31.4 Å². The number of benzene rings is 1. The normalized spacial score (nSPS) is 24.4. The van der Waals surface area contributed by atoms with Crippen LogP contribution in [0.1, 0.15) is 25.7 Å². The zero-order valence-electron chi connectivity index (χ0n) is 10.6. The Labute approximate surface area is 103 Å². The molecule has 1 N–H and O–H groups in total. The van der Waals surface area contributed by atoms with Crippen LogP contribution >= 0.6 is 0 Å². The first kappa shape index (κ1) is 12.2. The lowest BCUT2D eigenvalue weighted by Crippen LogP contribution is -2.36. The molecule has 2 rings (SSSR count). The van der Waals surface area contributed by atoms with Crippen LogP contribution in [-0.2, 0) is 0 Å². The number of rotatable bonds is 3. The highest BCUT2D eigenvalue weighted by atomic mass is 16.5. The van der Waals surface area contributed by atoms with Gasteiger partial charge in [-0.1, -0.05) is 0 Å². The maximum atomic E-state index is 9.51. The zero-order valence-corrected chi connectivity index (χ0v) is 10.6. The fourth-order valence-corrected chi connectivity index (χ4v) is 2.47. The van der Waals surface area contributed by atoms with Gasteiger partial charge in [-0.15, -0.1) is 0 Å². The number of hydrogen-bond donors (Lipinski definition) is 1. The molecule has 1 aliphatic carbocycles. The van der Waals surface area contributed by atoms with Gasteiger partial charge in [0.05, 0.1) is 13.2 Å². The van der Waals surface area contributed by atoms with Gasteiger partial charge in [-0.3, -0.25) is 0 Å². The van der Waals surface area contributed by atoms with Crippen molar-refractivity contribution in [2.45, 2.75) is 37.8 Å². The van der Waals surface area contributed by atoms with Gasteiger partial charge in [0.25, 0.3) is 0 Å². The van der Waals surface area contributed by atoms with E-state index in [9.17, 15) is 5.11 Å². The van der Waals surface area contributed by atoms with Crippen LogP contribution in [0.3, 0.4) is 0 Å². The molecule has 0 bridgehead atoms. The third kappa shape index (κ3) is 2.91. The molecule has 0 radical (unpaired) electrons. The number of nitrogens with zero attached hydrogens (tertiary/aromatic N) is 1. The molecule has 17 heavy (non-hydrogen) atoms. The summed E-state index contributed by atoms with van der Waals surface area (Å²) in [5.74, 6) is 0.890. The average Bonchev–Trinajstić information content (AvgIpc) is 2.39. The number of ether oxygens (including phenoxy) is 1. The summed E-state index contributed by atoms with van der Waals surface area (Å²) in [5.41, 5.74) is 1.21. The molecular formula is C14H21NO2. The topological polar surface area (TPSA) is 32.7 Å². The fourth-order valence-electron chi connectivity index (χ4n) is 2.47. The van der Waals surface area contributed by atoms with Crippen molar-refractivity contribution in [3.8, 4) is 5.75 Å². The minimum Gasteiger partial charge on any atom is -0.497 e. The van der Waals surface area contributed by atoms with Gasteiger partial charge in [-0.05, 0) is 49.9 Å². The summed E-state index contributed by atoms with van der Waals surface area (Å²) in [5, 5.41) is 9.51. The molecule has 1 saturated carbocycles. The van der Waals surface area contributed by atoms with E-state index in [1.807, 2.05) is 12.1 Å². The maximum Gasteiger partial charge on any atom is 0.119 e. The number of hydrogen-bond acceptors (Lipinski definition) is 3. The van der Waals surface area contributed by atoms with Crippen molar-refractivity contribution in [2.24, 2.45) is 0 Å². The highest BCUT2D eigenvalue weighted by Crippen LogP contribution is 2.27. The highest BCUT2D eigenvalue weighted by Gasteiger charge is 2.22. The number of methoxy groups -OCH3 is 1. The SMILES string of the molecule is COc1ccc(N(C)C2CCC(O)CC2)cc1. The second-order valence-electron chi connectivity index (χ2n) is 4.77. The van der Waals surface area contributed by atoms with Gasteiger partial charge in [0.2, 0.25) is 0 Å². The molecule has 0 aliphatic heterocycles. The van der Waals surface area contributed by atoms with Crippen LogP contribution in [-0.4, -0.2) is 31.4 Å².